The van der Waals surface area contributed by atoms with E-state index in [0.717, 1.165) is 41.8 Å². The molecule has 126 valence electrons. The summed E-state index contributed by atoms with van der Waals surface area (Å²) >= 11 is 0. The van der Waals surface area contributed by atoms with Crippen molar-refractivity contribution < 1.29 is 18.9 Å². The van der Waals surface area contributed by atoms with Crippen LogP contribution in [0.5, 0.6) is 23.0 Å². The zero-order chi connectivity index (χ0) is 17.1. The summed E-state index contributed by atoms with van der Waals surface area (Å²) in [5.74, 6) is 2.53. The maximum absolute atomic E-state index is 5.69. The predicted molar refractivity (Wildman–Crippen MR) is 92.6 cm³/mol. The highest BCUT2D eigenvalue weighted by atomic mass is 16.5. The third-order valence-corrected chi connectivity index (χ3v) is 4.18. The molecule has 0 fully saturated rings. The molecular formula is C19H21NO4. The predicted octanol–water partition coefficient (Wildman–Crippen LogP) is 3.35. The number of ether oxygens (including phenoxy) is 4. The van der Waals surface area contributed by atoms with E-state index in [0.29, 0.717) is 23.0 Å². The highest BCUT2D eigenvalue weighted by Crippen LogP contribution is 2.49. The smallest absolute Gasteiger partial charge is 0.203 e. The van der Waals surface area contributed by atoms with Gasteiger partial charge in [0.25, 0.3) is 0 Å². The van der Waals surface area contributed by atoms with Gasteiger partial charge in [0.2, 0.25) is 5.75 Å². The second-order valence-corrected chi connectivity index (χ2v) is 5.46. The molecule has 1 N–H and O–H groups in total. The molecule has 24 heavy (non-hydrogen) atoms. The number of anilines is 1. The van der Waals surface area contributed by atoms with Crippen molar-refractivity contribution in [1.82, 2.24) is 0 Å². The Labute approximate surface area is 142 Å². The second-order valence-electron chi connectivity index (χ2n) is 5.46. The van der Waals surface area contributed by atoms with Gasteiger partial charge < -0.3 is 24.3 Å². The van der Waals surface area contributed by atoms with Gasteiger partial charge in [0, 0.05) is 18.2 Å². The first-order valence-corrected chi connectivity index (χ1v) is 7.81. The summed E-state index contributed by atoms with van der Waals surface area (Å²) in [5.41, 5.74) is 3.93. The van der Waals surface area contributed by atoms with E-state index in [1.54, 1.807) is 28.4 Å². The molecule has 5 heteroatoms. The van der Waals surface area contributed by atoms with Crippen molar-refractivity contribution in [1.29, 1.82) is 0 Å². The standard InChI is InChI=1S/C19H21NO4/c1-21-13-7-8-14-15(11-13)20-9-5-6-12-10-16(22-2)18(23-3)19(24-4)17(12)14/h10-11,20H,5-6,9H2,1-4H3. The molecule has 0 aromatic heterocycles. The number of aryl methyl sites for hydroxylation is 1. The molecule has 0 amide bonds. The van der Waals surface area contributed by atoms with Gasteiger partial charge in [0.1, 0.15) is 0 Å². The molecule has 1 aliphatic rings. The van der Waals surface area contributed by atoms with Gasteiger partial charge in [0.15, 0.2) is 17.2 Å². The van der Waals surface area contributed by atoms with E-state index in [-0.39, 0.29) is 0 Å². The summed E-state index contributed by atoms with van der Waals surface area (Å²) in [6.07, 6.45) is 1.89. The van der Waals surface area contributed by atoms with Crippen LogP contribution in [-0.4, -0.2) is 35.0 Å². The Hall–Kier alpha value is -2.74. The van der Waals surface area contributed by atoms with Crippen molar-refractivity contribution in [3.63, 3.8) is 0 Å². The van der Waals surface area contributed by atoms with Crippen molar-refractivity contribution in [3.05, 3.63) is 29.8 Å². The van der Waals surface area contributed by atoms with E-state index in [1.165, 1.54) is 0 Å². The first-order valence-electron chi connectivity index (χ1n) is 7.81. The number of hydrogen-bond acceptors (Lipinski definition) is 5. The maximum atomic E-state index is 5.69. The van der Waals surface area contributed by atoms with Crippen molar-refractivity contribution >= 4 is 5.69 Å². The Bertz CT molecular complexity index is 743. The van der Waals surface area contributed by atoms with Gasteiger partial charge in [-0.1, -0.05) is 6.07 Å². The molecule has 0 atom stereocenters. The fourth-order valence-corrected chi connectivity index (χ4v) is 3.06. The van der Waals surface area contributed by atoms with E-state index < -0.39 is 0 Å². The Balaban J connectivity index is 2.31. The maximum Gasteiger partial charge on any atom is 0.203 e. The van der Waals surface area contributed by atoms with Crippen molar-refractivity contribution in [2.75, 3.05) is 40.3 Å². The Morgan fingerprint density at radius 2 is 1.71 bits per heavy atom. The lowest BCUT2D eigenvalue weighted by molar-refractivity contribution is 0.324. The minimum atomic E-state index is 0.578. The average Bonchev–Trinajstić information content (AvgIpc) is 2.61. The number of benzene rings is 1. The average molecular weight is 327 g/mol. The Morgan fingerprint density at radius 3 is 2.38 bits per heavy atom. The van der Waals surface area contributed by atoms with Crippen molar-refractivity contribution in [2.45, 2.75) is 12.8 Å². The SMILES string of the molecule is COc1c#cc2c(c1)NCCCc1cc(OC)c(OC)c(OC)c1-2. The molecule has 2 aromatic carbocycles. The summed E-state index contributed by atoms with van der Waals surface area (Å²) in [5, 5.41) is 3.44. The molecule has 0 bridgehead atoms. The largest absolute Gasteiger partial charge is 0.493 e. The van der Waals surface area contributed by atoms with E-state index in [2.05, 4.69) is 17.4 Å². The summed E-state index contributed by atoms with van der Waals surface area (Å²) in [4.78, 5) is 0. The summed E-state index contributed by atoms with van der Waals surface area (Å²) in [6.45, 7) is 0.865. The van der Waals surface area contributed by atoms with Crippen LogP contribution in [-0.2, 0) is 6.42 Å². The van der Waals surface area contributed by atoms with Crippen LogP contribution in [0.2, 0.25) is 0 Å². The quantitative estimate of drug-likeness (QED) is 0.933. The van der Waals surface area contributed by atoms with Gasteiger partial charge in [-0.25, -0.2) is 0 Å². The van der Waals surface area contributed by atoms with E-state index >= 15 is 0 Å². The van der Waals surface area contributed by atoms with Crippen molar-refractivity contribution in [3.8, 4) is 34.1 Å². The van der Waals surface area contributed by atoms with Crippen molar-refractivity contribution in [2.24, 2.45) is 0 Å². The lowest BCUT2D eigenvalue weighted by Crippen LogP contribution is -2.10. The normalized spacial score (nSPS) is 12.5. The molecule has 0 saturated carbocycles. The van der Waals surface area contributed by atoms with Crippen LogP contribution in [0.1, 0.15) is 12.0 Å². The van der Waals surface area contributed by atoms with Gasteiger partial charge >= 0.3 is 0 Å². The topological polar surface area (TPSA) is 49.0 Å². The molecule has 0 radical (unpaired) electrons. The number of rotatable bonds is 4. The number of nitrogens with one attached hydrogen (secondary N) is 1. The van der Waals surface area contributed by atoms with Crippen LogP contribution in [0.4, 0.5) is 5.69 Å². The Kier molecular flexibility index (Phi) is 4.57. The minimum absolute atomic E-state index is 0.578. The van der Waals surface area contributed by atoms with Gasteiger partial charge in [-0.3, -0.25) is 0 Å². The number of methoxy groups -OCH3 is 4. The molecule has 3 rings (SSSR count). The van der Waals surface area contributed by atoms with Crippen LogP contribution in [0, 0.1) is 12.1 Å². The first kappa shape index (κ1) is 16.1. The molecule has 1 aliphatic heterocycles. The second kappa shape index (κ2) is 6.79. The fourth-order valence-electron chi connectivity index (χ4n) is 3.06. The monoisotopic (exact) mass is 327 g/mol. The molecule has 0 spiro atoms. The highest BCUT2D eigenvalue weighted by molar-refractivity contribution is 5.87. The Morgan fingerprint density at radius 1 is 0.917 bits per heavy atom. The van der Waals surface area contributed by atoms with Gasteiger partial charge in [-0.15, -0.1) is 0 Å². The fraction of sp³-hybridized carbons (Fsp3) is 0.368. The van der Waals surface area contributed by atoms with Gasteiger partial charge in [-0.05, 0) is 30.5 Å². The molecular weight excluding hydrogens is 306 g/mol. The molecule has 1 heterocycles. The van der Waals surface area contributed by atoms with Crippen LogP contribution >= 0.6 is 0 Å². The van der Waals surface area contributed by atoms with Crippen LogP contribution in [0.15, 0.2) is 12.1 Å². The summed E-state index contributed by atoms with van der Waals surface area (Å²) in [6, 6.07) is 10.2. The zero-order valence-electron chi connectivity index (χ0n) is 14.4. The molecule has 5 nitrogen and oxygen atoms in total. The third kappa shape index (κ3) is 2.65. The molecule has 0 unspecified atom stereocenters. The minimum Gasteiger partial charge on any atom is -0.493 e. The summed E-state index contributed by atoms with van der Waals surface area (Å²) in [7, 11) is 6.50. The number of hydrogen-bond donors (Lipinski definition) is 1. The van der Waals surface area contributed by atoms with Crippen LogP contribution in [0.3, 0.4) is 0 Å². The van der Waals surface area contributed by atoms with Gasteiger partial charge in [0.05, 0.1) is 39.7 Å². The third-order valence-electron chi connectivity index (χ3n) is 4.18. The van der Waals surface area contributed by atoms with Gasteiger partial charge in [-0.2, -0.15) is 0 Å². The van der Waals surface area contributed by atoms with E-state index in [9.17, 15) is 0 Å². The molecule has 2 aromatic rings. The van der Waals surface area contributed by atoms with E-state index in [4.69, 9.17) is 18.9 Å². The zero-order valence-corrected chi connectivity index (χ0v) is 14.4. The van der Waals surface area contributed by atoms with Crippen LogP contribution < -0.4 is 24.3 Å². The highest BCUT2D eigenvalue weighted by Gasteiger charge is 2.24. The first-order chi connectivity index (χ1) is 11.7. The summed E-state index contributed by atoms with van der Waals surface area (Å²) < 4.78 is 22.0. The molecule has 0 saturated heterocycles. The number of fused-ring (bicyclic) bond motifs is 3. The van der Waals surface area contributed by atoms with E-state index in [1.807, 2.05) is 12.1 Å². The molecule has 0 aliphatic carbocycles. The lowest BCUT2D eigenvalue weighted by atomic mass is 9.92. The lowest BCUT2D eigenvalue weighted by Gasteiger charge is -2.23. The van der Waals surface area contributed by atoms with Crippen LogP contribution in [0.25, 0.3) is 11.1 Å².